The number of cyclic esters (lactones) is 1. The van der Waals surface area contributed by atoms with Crippen molar-refractivity contribution in [2.75, 3.05) is 6.61 Å². The third-order valence-corrected chi connectivity index (χ3v) is 5.70. The molecule has 23 heavy (non-hydrogen) atoms. The Kier molecular flexibility index (Phi) is 3.96. The summed E-state index contributed by atoms with van der Waals surface area (Å²) in [6, 6.07) is 19.4. The van der Waals surface area contributed by atoms with Gasteiger partial charge in [0, 0.05) is 5.75 Å². The van der Waals surface area contributed by atoms with Gasteiger partial charge >= 0.3 is 5.97 Å². The zero-order valence-electron chi connectivity index (χ0n) is 12.8. The largest absolute Gasteiger partial charge is 0.465 e. The molecule has 116 valence electrons. The number of fused-ring (bicyclic) bond motifs is 2. The molecule has 1 aliphatic heterocycles. The van der Waals surface area contributed by atoms with Gasteiger partial charge in [-0.1, -0.05) is 42.5 Å². The lowest BCUT2D eigenvalue weighted by Gasteiger charge is -2.20. The van der Waals surface area contributed by atoms with Crippen LogP contribution in [0.1, 0.15) is 18.4 Å². The second kappa shape index (κ2) is 6.25. The molecule has 1 atom stereocenters. The van der Waals surface area contributed by atoms with E-state index in [0.717, 1.165) is 18.6 Å². The predicted molar refractivity (Wildman–Crippen MR) is 96.7 cm³/mol. The Morgan fingerprint density at radius 2 is 1.78 bits per heavy atom. The molecule has 4 rings (SSSR count). The van der Waals surface area contributed by atoms with Gasteiger partial charge in [0.15, 0.2) is 0 Å². The van der Waals surface area contributed by atoms with Gasteiger partial charge in [-0.05, 0) is 52.1 Å². The number of benzene rings is 3. The highest BCUT2D eigenvalue weighted by molar-refractivity contribution is 7.99. The van der Waals surface area contributed by atoms with Crippen LogP contribution in [0.15, 0.2) is 54.6 Å². The number of thioether (sulfide) groups is 1. The van der Waals surface area contributed by atoms with Crippen molar-refractivity contribution >= 4 is 39.3 Å². The molecule has 2 nitrogen and oxygen atoms in total. The Morgan fingerprint density at radius 3 is 2.61 bits per heavy atom. The molecule has 0 amide bonds. The standard InChI is InChI=1S/C20H18O2S/c21-20-19(9-4-10-22-20)23-13-17-8-3-7-16-11-14-5-1-2-6-15(14)12-18(16)17/h1-3,5-8,11-12,19H,4,9-10,13H2. The molecule has 0 saturated carbocycles. The molecular formula is C20H18O2S. The molecule has 1 aliphatic rings. The molecule has 0 aliphatic carbocycles. The quantitative estimate of drug-likeness (QED) is 0.505. The molecule has 1 unspecified atom stereocenters. The first-order valence-electron chi connectivity index (χ1n) is 8.00. The third-order valence-electron chi connectivity index (χ3n) is 4.39. The summed E-state index contributed by atoms with van der Waals surface area (Å²) in [7, 11) is 0. The average Bonchev–Trinajstić information content (AvgIpc) is 2.59. The van der Waals surface area contributed by atoms with Crippen LogP contribution in [0.4, 0.5) is 0 Å². The van der Waals surface area contributed by atoms with E-state index in [9.17, 15) is 4.79 Å². The Labute approximate surface area is 139 Å². The molecular weight excluding hydrogens is 304 g/mol. The summed E-state index contributed by atoms with van der Waals surface area (Å²) in [5.41, 5.74) is 1.29. The summed E-state index contributed by atoms with van der Waals surface area (Å²) in [6.07, 6.45) is 1.90. The van der Waals surface area contributed by atoms with Crippen LogP contribution >= 0.6 is 11.8 Å². The van der Waals surface area contributed by atoms with E-state index in [-0.39, 0.29) is 11.2 Å². The second-order valence-corrected chi connectivity index (χ2v) is 7.14. The smallest absolute Gasteiger partial charge is 0.319 e. The van der Waals surface area contributed by atoms with Gasteiger partial charge in [-0.2, -0.15) is 0 Å². The van der Waals surface area contributed by atoms with Gasteiger partial charge in [0.05, 0.1) is 6.61 Å². The van der Waals surface area contributed by atoms with Crippen molar-refractivity contribution in [2.45, 2.75) is 23.8 Å². The zero-order valence-corrected chi connectivity index (χ0v) is 13.6. The molecule has 3 aromatic rings. The van der Waals surface area contributed by atoms with Crippen LogP contribution in [0.2, 0.25) is 0 Å². The van der Waals surface area contributed by atoms with E-state index in [0.29, 0.717) is 6.61 Å². The fourth-order valence-electron chi connectivity index (χ4n) is 3.15. The lowest BCUT2D eigenvalue weighted by Crippen LogP contribution is -2.26. The average molecular weight is 322 g/mol. The maximum atomic E-state index is 11.8. The van der Waals surface area contributed by atoms with Crippen molar-refractivity contribution in [1.29, 1.82) is 0 Å². The van der Waals surface area contributed by atoms with Crippen molar-refractivity contribution in [3.05, 3.63) is 60.2 Å². The Morgan fingerprint density at radius 1 is 1.00 bits per heavy atom. The lowest BCUT2D eigenvalue weighted by molar-refractivity contribution is -0.145. The first-order chi connectivity index (χ1) is 11.3. The molecule has 3 heteroatoms. The summed E-state index contributed by atoms with van der Waals surface area (Å²) in [4.78, 5) is 11.8. The minimum atomic E-state index is -0.0491. The highest BCUT2D eigenvalue weighted by Gasteiger charge is 2.24. The van der Waals surface area contributed by atoms with Crippen LogP contribution in [0.3, 0.4) is 0 Å². The number of hydrogen-bond acceptors (Lipinski definition) is 3. The first-order valence-corrected chi connectivity index (χ1v) is 9.05. The van der Waals surface area contributed by atoms with Crippen molar-refractivity contribution in [2.24, 2.45) is 0 Å². The van der Waals surface area contributed by atoms with Gasteiger partial charge in [-0.15, -0.1) is 11.8 Å². The van der Waals surface area contributed by atoms with Gasteiger partial charge in [-0.25, -0.2) is 0 Å². The molecule has 0 aromatic heterocycles. The molecule has 0 radical (unpaired) electrons. The van der Waals surface area contributed by atoms with Crippen LogP contribution in [-0.4, -0.2) is 17.8 Å². The monoisotopic (exact) mass is 322 g/mol. The normalized spacial score (nSPS) is 18.3. The van der Waals surface area contributed by atoms with Gasteiger partial charge in [0.1, 0.15) is 5.25 Å². The summed E-state index contributed by atoms with van der Waals surface area (Å²) >= 11 is 1.70. The van der Waals surface area contributed by atoms with E-state index < -0.39 is 0 Å². The molecule has 0 N–H and O–H groups in total. The van der Waals surface area contributed by atoms with E-state index in [2.05, 4.69) is 54.6 Å². The van der Waals surface area contributed by atoms with Gasteiger partial charge < -0.3 is 4.74 Å². The Balaban J connectivity index is 1.66. The Bertz CT molecular complexity index is 872. The third kappa shape index (κ3) is 2.93. The number of hydrogen-bond donors (Lipinski definition) is 0. The predicted octanol–water partition coefficient (Wildman–Crippen LogP) is 4.93. The molecule has 1 heterocycles. The topological polar surface area (TPSA) is 26.3 Å². The number of rotatable bonds is 3. The number of ether oxygens (including phenoxy) is 1. The summed E-state index contributed by atoms with van der Waals surface area (Å²) < 4.78 is 5.16. The van der Waals surface area contributed by atoms with E-state index in [1.165, 1.54) is 27.1 Å². The highest BCUT2D eigenvalue weighted by Crippen LogP contribution is 2.31. The van der Waals surface area contributed by atoms with Crippen LogP contribution in [-0.2, 0) is 15.3 Å². The molecule has 3 aromatic carbocycles. The Hall–Kier alpha value is -2.00. The summed E-state index contributed by atoms with van der Waals surface area (Å²) in [6.45, 7) is 0.580. The van der Waals surface area contributed by atoms with Crippen molar-refractivity contribution in [1.82, 2.24) is 0 Å². The van der Waals surface area contributed by atoms with Gasteiger partial charge in [0.2, 0.25) is 0 Å². The molecule has 0 bridgehead atoms. The summed E-state index contributed by atoms with van der Waals surface area (Å²) in [5, 5.41) is 5.05. The second-order valence-electron chi connectivity index (χ2n) is 5.95. The minimum absolute atomic E-state index is 0.0144. The number of carbonyl (C=O) groups excluding carboxylic acids is 1. The van der Waals surface area contributed by atoms with Crippen LogP contribution in [0.5, 0.6) is 0 Å². The van der Waals surface area contributed by atoms with Crippen molar-refractivity contribution < 1.29 is 9.53 Å². The van der Waals surface area contributed by atoms with E-state index in [1.54, 1.807) is 11.8 Å². The fourth-order valence-corrected chi connectivity index (χ4v) is 4.32. The van der Waals surface area contributed by atoms with E-state index >= 15 is 0 Å². The van der Waals surface area contributed by atoms with E-state index in [4.69, 9.17) is 4.74 Å². The maximum absolute atomic E-state index is 11.8. The number of esters is 1. The molecule has 0 spiro atoms. The first kappa shape index (κ1) is 14.6. The van der Waals surface area contributed by atoms with Gasteiger partial charge in [-0.3, -0.25) is 4.79 Å². The number of carbonyl (C=O) groups is 1. The maximum Gasteiger partial charge on any atom is 0.319 e. The molecule has 1 saturated heterocycles. The van der Waals surface area contributed by atoms with Crippen molar-refractivity contribution in [3.8, 4) is 0 Å². The van der Waals surface area contributed by atoms with Crippen molar-refractivity contribution in [3.63, 3.8) is 0 Å². The minimum Gasteiger partial charge on any atom is -0.465 e. The molecule has 1 fully saturated rings. The lowest BCUT2D eigenvalue weighted by atomic mass is 10.0. The fraction of sp³-hybridized carbons (Fsp3) is 0.250. The zero-order chi connectivity index (χ0) is 15.6. The summed E-state index contributed by atoms with van der Waals surface area (Å²) in [5.74, 6) is 0.794. The van der Waals surface area contributed by atoms with Crippen LogP contribution in [0.25, 0.3) is 21.5 Å². The SMILES string of the molecule is O=C1OCCCC1SCc1cccc2cc3ccccc3cc12. The van der Waals surface area contributed by atoms with Crippen LogP contribution in [0, 0.1) is 0 Å². The highest BCUT2D eigenvalue weighted by atomic mass is 32.2. The van der Waals surface area contributed by atoms with Gasteiger partial charge in [0.25, 0.3) is 0 Å². The van der Waals surface area contributed by atoms with Crippen LogP contribution < -0.4 is 0 Å². The van der Waals surface area contributed by atoms with E-state index in [1.807, 2.05) is 0 Å².